The summed E-state index contributed by atoms with van der Waals surface area (Å²) in [6.45, 7) is 7.86. The highest BCUT2D eigenvalue weighted by Gasteiger charge is 2.17. The molecule has 0 saturated carbocycles. The van der Waals surface area contributed by atoms with Crippen molar-refractivity contribution in [2.45, 2.75) is 26.2 Å². The Morgan fingerprint density at radius 1 is 1.28 bits per heavy atom. The Bertz CT molecular complexity index is 457. The normalized spacial score (nSPS) is 16.4. The van der Waals surface area contributed by atoms with E-state index >= 15 is 0 Å². The van der Waals surface area contributed by atoms with Gasteiger partial charge in [-0.15, -0.1) is 0 Å². The maximum atomic E-state index is 11.3. The lowest BCUT2D eigenvalue weighted by molar-refractivity contribution is 0.219. The average molecular weight is 245 g/mol. The smallest absolute Gasteiger partial charge is 0.335 e. The summed E-state index contributed by atoms with van der Waals surface area (Å²) in [7, 11) is 0. The first-order valence-corrected chi connectivity index (χ1v) is 6.17. The van der Waals surface area contributed by atoms with Gasteiger partial charge >= 0.3 is 6.03 Å². The second-order valence-electron chi connectivity index (χ2n) is 5.47. The van der Waals surface area contributed by atoms with E-state index in [1.807, 2.05) is 12.1 Å². The van der Waals surface area contributed by atoms with Gasteiger partial charge in [-0.3, -0.25) is 0 Å². The van der Waals surface area contributed by atoms with Crippen LogP contribution >= 0.6 is 0 Å². The number of benzene rings is 1. The van der Waals surface area contributed by atoms with Gasteiger partial charge in [-0.1, -0.05) is 45.0 Å². The molecule has 4 nitrogen and oxygen atoms in total. The second-order valence-corrected chi connectivity index (χ2v) is 5.47. The molecule has 0 bridgehead atoms. The number of amides is 2. The van der Waals surface area contributed by atoms with Crippen molar-refractivity contribution in [1.82, 2.24) is 10.3 Å². The summed E-state index contributed by atoms with van der Waals surface area (Å²) in [6.07, 6.45) is 1.72. The number of carbonyl (C=O) groups is 1. The van der Waals surface area contributed by atoms with Gasteiger partial charge in [0.05, 0.1) is 12.8 Å². The summed E-state index contributed by atoms with van der Waals surface area (Å²) in [5.41, 5.74) is 2.45. The lowest BCUT2D eigenvalue weighted by atomic mass is 9.87. The number of carbonyl (C=O) groups excluding carboxylic acids is 1. The Hall–Kier alpha value is -1.84. The Morgan fingerprint density at radius 2 is 1.94 bits per heavy atom. The third-order valence-corrected chi connectivity index (χ3v) is 2.96. The van der Waals surface area contributed by atoms with Crippen LogP contribution in [0.5, 0.6) is 0 Å². The number of hydrogen-bond donors (Lipinski definition) is 1. The number of hydrogen-bond acceptors (Lipinski definition) is 2. The molecule has 2 amide bonds. The van der Waals surface area contributed by atoms with E-state index in [2.05, 4.69) is 43.3 Å². The van der Waals surface area contributed by atoms with Gasteiger partial charge in [0.25, 0.3) is 0 Å². The van der Waals surface area contributed by atoms with E-state index in [0.29, 0.717) is 13.1 Å². The van der Waals surface area contributed by atoms with Crippen LogP contribution in [0.25, 0.3) is 0 Å². The molecule has 1 fully saturated rings. The topological polar surface area (TPSA) is 44.7 Å². The first-order valence-electron chi connectivity index (χ1n) is 6.17. The van der Waals surface area contributed by atoms with Crippen LogP contribution in [0.3, 0.4) is 0 Å². The molecular weight excluding hydrogens is 226 g/mol. The molecule has 1 aliphatic heterocycles. The minimum Gasteiger partial charge on any atom is -0.335 e. The largest absolute Gasteiger partial charge is 0.337 e. The Morgan fingerprint density at radius 3 is 2.44 bits per heavy atom. The Labute approximate surface area is 108 Å². The van der Waals surface area contributed by atoms with Crippen LogP contribution in [0.15, 0.2) is 29.4 Å². The molecule has 0 aliphatic carbocycles. The van der Waals surface area contributed by atoms with E-state index in [9.17, 15) is 4.79 Å². The molecule has 0 aromatic heterocycles. The standard InChI is InChI=1S/C14H19N3O/c1-14(2,3)12-6-4-11(5-7-12)10-16-17-9-8-15-13(17)18/h4-7,10H,8-9H2,1-3H3,(H,15,18). The minimum atomic E-state index is -0.127. The summed E-state index contributed by atoms with van der Waals surface area (Å²) in [5.74, 6) is 0. The quantitative estimate of drug-likeness (QED) is 0.799. The third kappa shape index (κ3) is 2.88. The molecule has 0 spiro atoms. The summed E-state index contributed by atoms with van der Waals surface area (Å²) < 4.78 is 0. The summed E-state index contributed by atoms with van der Waals surface area (Å²) in [6, 6.07) is 8.13. The molecule has 1 heterocycles. The van der Waals surface area contributed by atoms with Crippen molar-refractivity contribution >= 4 is 12.2 Å². The van der Waals surface area contributed by atoms with Crippen molar-refractivity contribution < 1.29 is 4.79 Å². The fraction of sp³-hybridized carbons (Fsp3) is 0.429. The van der Waals surface area contributed by atoms with Gasteiger partial charge in [-0.25, -0.2) is 9.80 Å². The van der Waals surface area contributed by atoms with Crippen LogP contribution in [-0.2, 0) is 5.41 Å². The lowest BCUT2D eigenvalue weighted by Crippen LogP contribution is -2.23. The third-order valence-electron chi connectivity index (χ3n) is 2.96. The molecule has 18 heavy (non-hydrogen) atoms. The lowest BCUT2D eigenvalue weighted by Gasteiger charge is -2.18. The van der Waals surface area contributed by atoms with E-state index in [0.717, 1.165) is 5.56 Å². The number of hydrazone groups is 1. The SMILES string of the molecule is CC(C)(C)c1ccc(C=NN2CCNC2=O)cc1. The van der Waals surface area contributed by atoms with Crippen LogP contribution in [0, 0.1) is 0 Å². The molecule has 1 saturated heterocycles. The van der Waals surface area contributed by atoms with Crippen LogP contribution in [-0.4, -0.2) is 30.3 Å². The van der Waals surface area contributed by atoms with Gasteiger partial charge in [0.1, 0.15) is 0 Å². The Balaban J connectivity index is 2.06. The predicted octanol–water partition coefficient (Wildman–Crippen LogP) is 2.34. The van der Waals surface area contributed by atoms with Crippen LogP contribution < -0.4 is 5.32 Å². The zero-order valence-electron chi connectivity index (χ0n) is 11.1. The van der Waals surface area contributed by atoms with E-state index in [4.69, 9.17) is 0 Å². The van der Waals surface area contributed by atoms with E-state index in [1.165, 1.54) is 10.6 Å². The minimum absolute atomic E-state index is 0.127. The number of rotatable bonds is 2. The molecule has 1 N–H and O–H groups in total. The van der Waals surface area contributed by atoms with Gasteiger partial charge in [-0.2, -0.15) is 5.10 Å². The molecule has 96 valence electrons. The first kappa shape index (κ1) is 12.6. The highest BCUT2D eigenvalue weighted by molar-refractivity contribution is 5.82. The molecule has 1 aliphatic rings. The summed E-state index contributed by atoms with van der Waals surface area (Å²) >= 11 is 0. The summed E-state index contributed by atoms with van der Waals surface area (Å²) in [4.78, 5) is 11.3. The van der Waals surface area contributed by atoms with E-state index in [1.54, 1.807) is 6.21 Å². The van der Waals surface area contributed by atoms with E-state index in [-0.39, 0.29) is 11.4 Å². The first-order chi connectivity index (χ1) is 8.47. The van der Waals surface area contributed by atoms with Crippen LogP contribution in [0.1, 0.15) is 31.9 Å². The molecule has 1 aromatic carbocycles. The number of nitrogens with one attached hydrogen (secondary N) is 1. The maximum absolute atomic E-state index is 11.3. The van der Waals surface area contributed by atoms with Crippen LogP contribution in [0.4, 0.5) is 4.79 Å². The van der Waals surface area contributed by atoms with E-state index < -0.39 is 0 Å². The molecule has 1 aromatic rings. The summed E-state index contributed by atoms with van der Waals surface area (Å²) in [5, 5.41) is 8.31. The molecule has 0 atom stereocenters. The van der Waals surface area contributed by atoms with Gasteiger partial charge in [0, 0.05) is 6.54 Å². The Kier molecular flexibility index (Phi) is 3.36. The van der Waals surface area contributed by atoms with Crippen molar-refractivity contribution in [3.8, 4) is 0 Å². The number of urea groups is 1. The molecule has 4 heteroatoms. The van der Waals surface area contributed by atoms with Gasteiger partial charge in [0.2, 0.25) is 0 Å². The second kappa shape index (κ2) is 4.80. The maximum Gasteiger partial charge on any atom is 0.337 e. The monoisotopic (exact) mass is 245 g/mol. The van der Waals surface area contributed by atoms with Crippen molar-refractivity contribution in [2.75, 3.05) is 13.1 Å². The fourth-order valence-corrected chi connectivity index (χ4v) is 1.78. The van der Waals surface area contributed by atoms with Crippen LogP contribution in [0.2, 0.25) is 0 Å². The molecule has 0 radical (unpaired) electrons. The molecule has 0 unspecified atom stereocenters. The van der Waals surface area contributed by atoms with Crippen molar-refractivity contribution in [3.05, 3.63) is 35.4 Å². The highest BCUT2D eigenvalue weighted by atomic mass is 16.2. The molecule has 2 rings (SSSR count). The highest BCUT2D eigenvalue weighted by Crippen LogP contribution is 2.21. The zero-order valence-corrected chi connectivity index (χ0v) is 11.1. The average Bonchev–Trinajstić information content (AvgIpc) is 2.72. The van der Waals surface area contributed by atoms with Crippen molar-refractivity contribution in [2.24, 2.45) is 5.10 Å². The van der Waals surface area contributed by atoms with Gasteiger partial charge < -0.3 is 5.32 Å². The van der Waals surface area contributed by atoms with Crippen molar-refractivity contribution in [3.63, 3.8) is 0 Å². The van der Waals surface area contributed by atoms with Crippen molar-refractivity contribution in [1.29, 1.82) is 0 Å². The zero-order chi connectivity index (χ0) is 13.2. The molecular formula is C14H19N3O. The predicted molar refractivity (Wildman–Crippen MR) is 72.8 cm³/mol. The fourth-order valence-electron chi connectivity index (χ4n) is 1.78. The number of nitrogens with zero attached hydrogens (tertiary/aromatic N) is 2. The van der Waals surface area contributed by atoms with Gasteiger partial charge in [0.15, 0.2) is 0 Å². The van der Waals surface area contributed by atoms with Gasteiger partial charge in [-0.05, 0) is 16.5 Å².